The number of carbonyl (C=O) groups excluding carboxylic acids is 2. The van der Waals surface area contributed by atoms with Gasteiger partial charge in [-0.25, -0.2) is 12.8 Å². The molecule has 0 aliphatic carbocycles. The summed E-state index contributed by atoms with van der Waals surface area (Å²) in [7, 11) is -4.08. The Labute approximate surface area is 169 Å². The quantitative estimate of drug-likeness (QED) is 0.771. The van der Waals surface area contributed by atoms with Gasteiger partial charge in [0.05, 0.1) is 10.6 Å². The van der Waals surface area contributed by atoms with E-state index in [0.29, 0.717) is 31.6 Å². The van der Waals surface area contributed by atoms with Crippen molar-refractivity contribution in [3.05, 3.63) is 60.4 Å². The van der Waals surface area contributed by atoms with Crippen LogP contribution in [0.2, 0.25) is 0 Å². The molecule has 9 heteroatoms. The number of halogens is 1. The number of nitrogens with two attached hydrogens (primary N) is 1. The van der Waals surface area contributed by atoms with Crippen LogP contribution < -0.4 is 10.0 Å². The van der Waals surface area contributed by atoms with Crippen molar-refractivity contribution in [1.29, 1.82) is 0 Å². The van der Waals surface area contributed by atoms with Gasteiger partial charge in [-0.05, 0) is 49.2 Å². The summed E-state index contributed by atoms with van der Waals surface area (Å²) in [6.45, 7) is 0.280. The Morgan fingerprint density at radius 3 is 2.17 bits per heavy atom. The van der Waals surface area contributed by atoms with Crippen LogP contribution in [0.1, 0.15) is 12.8 Å². The Morgan fingerprint density at radius 1 is 1.03 bits per heavy atom. The maximum Gasteiger partial charge on any atom is 0.264 e. The number of hydrogen-bond acceptors (Lipinski definition) is 4. The maximum atomic E-state index is 13.2. The molecule has 7 nitrogen and oxygen atoms in total. The highest BCUT2D eigenvalue weighted by atomic mass is 32.2. The average molecular weight is 419 g/mol. The van der Waals surface area contributed by atoms with E-state index in [4.69, 9.17) is 5.73 Å². The average Bonchev–Trinajstić information content (AvgIpc) is 2.72. The molecule has 1 aliphatic heterocycles. The molecule has 1 fully saturated rings. The van der Waals surface area contributed by atoms with Crippen LogP contribution >= 0.6 is 0 Å². The lowest BCUT2D eigenvalue weighted by molar-refractivity contribution is -0.133. The highest BCUT2D eigenvalue weighted by molar-refractivity contribution is 7.92. The van der Waals surface area contributed by atoms with Gasteiger partial charge in [0.25, 0.3) is 10.0 Å². The fourth-order valence-electron chi connectivity index (χ4n) is 3.28. The Bertz CT molecular complexity index is 973. The highest BCUT2D eigenvalue weighted by Crippen LogP contribution is 2.25. The second-order valence-corrected chi connectivity index (χ2v) is 8.72. The third-order valence-electron chi connectivity index (χ3n) is 4.97. The van der Waals surface area contributed by atoms with E-state index in [1.54, 1.807) is 30.3 Å². The molecule has 0 spiro atoms. The molecule has 154 valence electrons. The van der Waals surface area contributed by atoms with Crippen LogP contribution in [-0.2, 0) is 19.6 Å². The molecule has 0 bridgehead atoms. The molecule has 1 heterocycles. The van der Waals surface area contributed by atoms with Crippen molar-refractivity contribution in [2.75, 3.05) is 23.9 Å². The number of hydrogen-bond donors (Lipinski definition) is 1. The van der Waals surface area contributed by atoms with Crippen LogP contribution in [0.25, 0.3) is 0 Å². The number of likely N-dealkylation sites (tertiary alicyclic amines) is 1. The van der Waals surface area contributed by atoms with Crippen molar-refractivity contribution in [3.8, 4) is 0 Å². The molecule has 1 saturated heterocycles. The third kappa shape index (κ3) is 4.73. The van der Waals surface area contributed by atoms with E-state index in [-0.39, 0.29) is 22.6 Å². The predicted octanol–water partition coefficient (Wildman–Crippen LogP) is 1.74. The standard InChI is InChI=1S/C20H22FN3O4S/c21-16-6-8-18(9-7-16)29(27,28)24(17-4-2-1-3-5-17)14-19(25)23-12-10-15(11-13-23)20(22)26/h1-9,15H,10-14H2,(H2,22,26). The monoisotopic (exact) mass is 419 g/mol. The molecule has 1 aliphatic rings. The van der Waals surface area contributed by atoms with Gasteiger partial charge in [0.15, 0.2) is 0 Å². The number of carbonyl (C=O) groups is 2. The van der Waals surface area contributed by atoms with Crippen molar-refractivity contribution in [1.82, 2.24) is 4.90 Å². The van der Waals surface area contributed by atoms with Crippen LogP contribution in [0.5, 0.6) is 0 Å². The van der Waals surface area contributed by atoms with Crippen molar-refractivity contribution in [2.24, 2.45) is 11.7 Å². The van der Waals surface area contributed by atoms with Gasteiger partial charge in [-0.1, -0.05) is 18.2 Å². The van der Waals surface area contributed by atoms with Gasteiger partial charge in [0, 0.05) is 19.0 Å². The lowest BCUT2D eigenvalue weighted by Gasteiger charge is -2.33. The number of rotatable bonds is 6. The summed E-state index contributed by atoms with van der Waals surface area (Å²) < 4.78 is 40.6. The largest absolute Gasteiger partial charge is 0.369 e. The Balaban J connectivity index is 1.84. The van der Waals surface area contributed by atoms with E-state index in [0.717, 1.165) is 16.4 Å². The molecule has 2 aromatic carbocycles. The molecule has 0 unspecified atom stereocenters. The minimum absolute atomic E-state index is 0.108. The van der Waals surface area contributed by atoms with Gasteiger partial charge in [0.1, 0.15) is 12.4 Å². The Morgan fingerprint density at radius 2 is 1.62 bits per heavy atom. The second kappa shape index (κ2) is 8.60. The van der Waals surface area contributed by atoms with Crippen LogP contribution in [-0.4, -0.2) is 44.8 Å². The van der Waals surface area contributed by atoms with Crippen molar-refractivity contribution < 1.29 is 22.4 Å². The molecule has 29 heavy (non-hydrogen) atoms. The molecular formula is C20H22FN3O4S. The lowest BCUT2D eigenvalue weighted by atomic mass is 9.96. The zero-order valence-corrected chi connectivity index (χ0v) is 16.5. The summed E-state index contributed by atoms with van der Waals surface area (Å²) in [5, 5.41) is 0. The van der Waals surface area contributed by atoms with Gasteiger partial charge in [-0.3, -0.25) is 13.9 Å². The molecule has 2 N–H and O–H groups in total. The summed E-state index contributed by atoms with van der Waals surface area (Å²) in [5.74, 6) is -1.58. The van der Waals surface area contributed by atoms with Crippen molar-refractivity contribution in [2.45, 2.75) is 17.7 Å². The number of anilines is 1. The zero-order chi connectivity index (χ0) is 21.0. The summed E-state index contributed by atoms with van der Waals surface area (Å²) >= 11 is 0. The summed E-state index contributed by atoms with van der Waals surface area (Å²) in [6, 6.07) is 12.7. The van der Waals surface area contributed by atoms with Gasteiger partial charge in [-0.2, -0.15) is 0 Å². The van der Waals surface area contributed by atoms with Gasteiger partial charge >= 0.3 is 0 Å². The Kier molecular flexibility index (Phi) is 6.17. The van der Waals surface area contributed by atoms with Gasteiger partial charge in [0.2, 0.25) is 11.8 Å². The number of benzene rings is 2. The fourth-order valence-corrected chi connectivity index (χ4v) is 4.69. The number of amides is 2. The zero-order valence-electron chi connectivity index (χ0n) is 15.7. The molecule has 0 radical (unpaired) electrons. The Hall–Kier alpha value is -2.94. The summed E-state index contributed by atoms with van der Waals surface area (Å²) in [5.41, 5.74) is 5.65. The van der Waals surface area contributed by atoms with Crippen molar-refractivity contribution in [3.63, 3.8) is 0 Å². The van der Waals surface area contributed by atoms with Crippen LogP contribution in [0, 0.1) is 11.7 Å². The highest BCUT2D eigenvalue weighted by Gasteiger charge is 2.31. The van der Waals surface area contributed by atoms with E-state index in [1.807, 2.05) is 0 Å². The first-order chi connectivity index (χ1) is 13.8. The van der Waals surface area contributed by atoms with Crippen LogP contribution in [0.3, 0.4) is 0 Å². The topological polar surface area (TPSA) is 101 Å². The molecule has 3 rings (SSSR count). The molecule has 2 aromatic rings. The normalized spacial score (nSPS) is 15.1. The molecular weight excluding hydrogens is 397 g/mol. The minimum atomic E-state index is -4.08. The molecule has 0 aromatic heterocycles. The maximum absolute atomic E-state index is 13.2. The first-order valence-electron chi connectivity index (χ1n) is 9.19. The lowest BCUT2D eigenvalue weighted by Crippen LogP contribution is -2.47. The van der Waals surface area contributed by atoms with Gasteiger partial charge < -0.3 is 10.6 Å². The van der Waals surface area contributed by atoms with E-state index >= 15 is 0 Å². The SMILES string of the molecule is NC(=O)C1CCN(C(=O)CN(c2ccccc2)S(=O)(=O)c2ccc(F)cc2)CC1. The van der Waals surface area contributed by atoms with E-state index in [2.05, 4.69) is 0 Å². The summed E-state index contributed by atoms with van der Waals surface area (Å²) in [6.07, 6.45) is 0.911. The smallest absolute Gasteiger partial charge is 0.264 e. The van der Waals surface area contributed by atoms with Crippen LogP contribution in [0.4, 0.5) is 10.1 Å². The third-order valence-corrected chi connectivity index (χ3v) is 6.76. The number of primary amides is 1. The predicted molar refractivity (Wildman–Crippen MR) is 106 cm³/mol. The number of sulfonamides is 1. The van der Waals surface area contributed by atoms with E-state index in [1.165, 1.54) is 17.0 Å². The summed E-state index contributed by atoms with van der Waals surface area (Å²) in [4.78, 5) is 25.6. The first kappa shape index (κ1) is 20.8. The minimum Gasteiger partial charge on any atom is -0.369 e. The van der Waals surface area contributed by atoms with Gasteiger partial charge in [-0.15, -0.1) is 0 Å². The fraction of sp³-hybridized carbons (Fsp3) is 0.300. The number of nitrogens with zero attached hydrogens (tertiary/aromatic N) is 2. The van der Waals surface area contributed by atoms with Crippen LogP contribution in [0.15, 0.2) is 59.5 Å². The van der Waals surface area contributed by atoms with Crippen molar-refractivity contribution >= 4 is 27.5 Å². The van der Waals surface area contributed by atoms with E-state index < -0.39 is 22.4 Å². The number of piperidine rings is 1. The number of para-hydroxylation sites is 1. The molecule has 0 atom stereocenters. The first-order valence-corrected chi connectivity index (χ1v) is 10.6. The second-order valence-electron chi connectivity index (χ2n) is 6.86. The van der Waals surface area contributed by atoms with E-state index in [9.17, 15) is 22.4 Å². The molecule has 0 saturated carbocycles. The molecule has 2 amide bonds.